The van der Waals surface area contributed by atoms with Gasteiger partial charge in [0, 0.05) is 11.6 Å². The van der Waals surface area contributed by atoms with E-state index in [-0.39, 0.29) is 25.4 Å². The molecule has 0 aliphatic rings. The summed E-state index contributed by atoms with van der Waals surface area (Å²) in [7, 11) is -3.44. The normalized spacial score (nSPS) is 11.2. The Kier molecular flexibility index (Phi) is 6.67. The fourth-order valence-electron chi connectivity index (χ4n) is 2.51. The molecule has 0 saturated heterocycles. The van der Waals surface area contributed by atoms with Crippen molar-refractivity contribution >= 4 is 33.2 Å². The molecule has 1 amide bonds. The first kappa shape index (κ1) is 20.3. The molecule has 1 N–H and O–H groups in total. The van der Waals surface area contributed by atoms with E-state index in [4.69, 9.17) is 11.6 Å². The van der Waals surface area contributed by atoms with E-state index in [1.807, 2.05) is 26.0 Å². The minimum atomic E-state index is -3.44. The van der Waals surface area contributed by atoms with Gasteiger partial charge < -0.3 is 5.32 Å². The number of amides is 1. The van der Waals surface area contributed by atoms with Crippen LogP contribution in [0.4, 0.5) is 5.69 Å². The van der Waals surface area contributed by atoms with Crippen LogP contribution in [0.5, 0.6) is 0 Å². The third kappa shape index (κ3) is 5.75. The lowest BCUT2D eigenvalue weighted by atomic mass is 10.1. The average Bonchev–Trinajstić information content (AvgIpc) is 2.55. The summed E-state index contributed by atoms with van der Waals surface area (Å²) in [4.78, 5) is 12.1. The van der Waals surface area contributed by atoms with Gasteiger partial charge in [0.2, 0.25) is 15.9 Å². The first-order valence-electron chi connectivity index (χ1n) is 8.23. The van der Waals surface area contributed by atoms with Gasteiger partial charge in [-0.3, -0.25) is 9.10 Å². The van der Waals surface area contributed by atoms with E-state index in [1.165, 1.54) is 4.31 Å². The summed E-state index contributed by atoms with van der Waals surface area (Å²) in [6, 6.07) is 12.6. The van der Waals surface area contributed by atoms with E-state index in [0.717, 1.165) is 22.9 Å². The van der Waals surface area contributed by atoms with E-state index in [0.29, 0.717) is 10.7 Å². The van der Waals surface area contributed by atoms with E-state index < -0.39 is 10.0 Å². The highest BCUT2D eigenvalue weighted by Crippen LogP contribution is 2.20. The Balaban J connectivity index is 1.98. The maximum atomic E-state index is 12.1. The quantitative estimate of drug-likeness (QED) is 0.784. The number of aryl methyl sites for hydroxylation is 2. The Morgan fingerprint density at radius 2 is 1.73 bits per heavy atom. The molecule has 5 nitrogen and oxygen atoms in total. The summed E-state index contributed by atoms with van der Waals surface area (Å²) in [5.74, 6) is -0.166. The summed E-state index contributed by atoms with van der Waals surface area (Å²) in [5, 5.41) is 3.38. The minimum Gasteiger partial charge on any atom is -0.354 e. The lowest BCUT2D eigenvalue weighted by molar-refractivity contribution is -0.120. The summed E-state index contributed by atoms with van der Waals surface area (Å²) in [5.41, 5.74) is 3.56. The highest BCUT2D eigenvalue weighted by atomic mass is 35.5. The highest BCUT2D eigenvalue weighted by molar-refractivity contribution is 7.92. The Morgan fingerprint density at radius 1 is 1.08 bits per heavy atom. The van der Waals surface area contributed by atoms with Crippen molar-refractivity contribution in [2.45, 2.75) is 20.3 Å². The minimum absolute atomic E-state index is 0.166. The molecule has 2 aromatic carbocycles. The second kappa shape index (κ2) is 8.56. The second-order valence-corrected chi connectivity index (χ2v) is 8.60. The molecule has 0 spiro atoms. The zero-order valence-corrected chi connectivity index (χ0v) is 16.7. The van der Waals surface area contributed by atoms with Crippen LogP contribution in [-0.4, -0.2) is 33.7 Å². The number of hydrogen-bond donors (Lipinski definition) is 1. The van der Waals surface area contributed by atoms with E-state index in [2.05, 4.69) is 5.32 Å². The summed E-state index contributed by atoms with van der Waals surface area (Å²) >= 11 is 5.83. The van der Waals surface area contributed by atoms with Crippen LogP contribution >= 0.6 is 11.6 Å². The standard InChI is InChI=1S/C19H23ClN2O3S/c1-14-4-9-18(12-15(14)2)22(26(3,24)25)11-10-21-19(23)13-16-5-7-17(20)8-6-16/h4-9,12H,10-11,13H2,1-3H3,(H,21,23). The van der Waals surface area contributed by atoms with Gasteiger partial charge in [0.15, 0.2) is 0 Å². The van der Waals surface area contributed by atoms with Crippen LogP contribution < -0.4 is 9.62 Å². The third-order valence-electron chi connectivity index (χ3n) is 4.09. The van der Waals surface area contributed by atoms with Crippen molar-refractivity contribution in [3.05, 3.63) is 64.2 Å². The Hall–Kier alpha value is -2.05. The second-order valence-electron chi connectivity index (χ2n) is 6.26. The Labute approximate surface area is 160 Å². The predicted octanol–water partition coefficient (Wildman–Crippen LogP) is 3.08. The molecule has 0 aliphatic heterocycles. The lowest BCUT2D eigenvalue weighted by Gasteiger charge is -2.23. The molecule has 0 radical (unpaired) electrons. The predicted molar refractivity (Wildman–Crippen MR) is 106 cm³/mol. The van der Waals surface area contributed by atoms with Gasteiger partial charge in [-0.25, -0.2) is 8.42 Å². The molecule has 0 unspecified atom stereocenters. The molecule has 7 heteroatoms. The van der Waals surface area contributed by atoms with Gasteiger partial charge in [0.05, 0.1) is 24.9 Å². The number of carbonyl (C=O) groups is 1. The molecule has 0 bridgehead atoms. The molecule has 2 aromatic rings. The van der Waals surface area contributed by atoms with Gasteiger partial charge in [-0.1, -0.05) is 29.8 Å². The first-order valence-corrected chi connectivity index (χ1v) is 10.5. The van der Waals surface area contributed by atoms with Crippen molar-refractivity contribution in [1.82, 2.24) is 5.32 Å². The maximum absolute atomic E-state index is 12.1. The van der Waals surface area contributed by atoms with Crippen LogP contribution in [0, 0.1) is 13.8 Å². The van der Waals surface area contributed by atoms with Crippen LogP contribution in [0.3, 0.4) is 0 Å². The molecule has 0 aromatic heterocycles. The largest absolute Gasteiger partial charge is 0.354 e. The van der Waals surface area contributed by atoms with Crippen LogP contribution in [0.2, 0.25) is 5.02 Å². The smallest absolute Gasteiger partial charge is 0.232 e. The summed E-state index contributed by atoms with van der Waals surface area (Å²) in [6.45, 7) is 4.31. The van der Waals surface area contributed by atoms with E-state index >= 15 is 0 Å². The number of nitrogens with one attached hydrogen (secondary N) is 1. The van der Waals surface area contributed by atoms with Gasteiger partial charge in [-0.15, -0.1) is 0 Å². The first-order chi connectivity index (χ1) is 12.2. The molecule has 26 heavy (non-hydrogen) atoms. The van der Waals surface area contributed by atoms with Crippen molar-refractivity contribution in [1.29, 1.82) is 0 Å². The number of carbonyl (C=O) groups excluding carboxylic acids is 1. The van der Waals surface area contributed by atoms with Crippen molar-refractivity contribution in [2.75, 3.05) is 23.7 Å². The van der Waals surface area contributed by atoms with Crippen molar-refractivity contribution in [3.8, 4) is 0 Å². The highest BCUT2D eigenvalue weighted by Gasteiger charge is 2.18. The van der Waals surface area contributed by atoms with E-state index in [9.17, 15) is 13.2 Å². The fraction of sp³-hybridized carbons (Fsp3) is 0.316. The number of hydrogen-bond acceptors (Lipinski definition) is 3. The van der Waals surface area contributed by atoms with Crippen molar-refractivity contribution < 1.29 is 13.2 Å². The molecular weight excluding hydrogens is 372 g/mol. The van der Waals surface area contributed by atoms with Gasteiger partial charge in [0.25, 0.3) is 0 Å². The molecule has 0 aliphatic carbocycles. The maximum Gasteiger partial charge on any atom is 0.232 e. The average molecular weight is 395 g/mol. The van der Waals surface area contributed by atoms with Crippen LogP contribution in [0.15, 0.2) is 42.5 Å². The Morgan fingerprint density at radius 3 is 2.31 bits per heavy atom. The number of sulfonamides is 1. The van der Waals surface area contributed by atoms with E-state index in [1.54, 1.807) is 30.3 Å². The monoisotopic (exact) mass is 394 g/mol. The third-order valence-corrected chi connectivity index (χ3v) is 5.54. The number of nitrogens with zero attached hydrogens (tertiary/aromatic N) is 1. The topological polar surface area (TPSA) is 66.5 Å². The number of rotatable bonds is 7. The van der Waals surface area contributed by atoms with Gasteiger partial charge in [0.1, 0.15) is 0 Å². The van der Waals surface area contributed by atoms with Gasteiger partial charge in [-0.05, 0) is 54.8 Å². The van der Waals surface area contributed by atoms with Crippen LogP contribution in [0.25, 0.3) is 0 Å². The molecule has 0 heterocycles. The molecule has 0 fully saturated rings. The molecule has 0 saturated carbocycles. The van der Waals surface area contributed by atoms with Crippen molar-refractivity contribution in [2.24, 2.45) is 0 Å². The zero-order chi connectivity index (χ0) is 19.3. The van der Waals surface area contributed by atoms with Crippen LogP contribution in [0.1, 0.15) is 16.7 Å². The van der Waals surface area contributed by atoms with Crippen LogP contribution in [-0.2, 0) is 21.2 Å². The number of anilines is 1. The number of halogens is 1. The molecule has 140 valence electrons. The number of benzene rings is 2. The fourth-order valence-corrected chi connectivity index (χ4v) is 3.56. The molecule has 2 rings (SSSR count). The zero-order valence-electron chi connectivity index (χ0n) is 15.1. The van der Waals surface area contributed by atoms with Gasteiger partial charge >= 0.3 is 0 Å². The molecule has 0 atom stereocenters. The SMILES string of the molecule is Cc1ccc(N(CCNC(=O)Cc2ccc(Cl)cc2)S(C)(=O)=O)cc1C. The Bertz CT molecular complexity index is 880. The lowest BCUT2D eigenvalue weighted by Crippen LogP contribution is -2.38. The summed E-state index contributed by atoms with van der Waals surface area (Å²) in [6.07, 6.45) is 1.39. The molecular formula is C19H23ClN2O3S. The van der Waals surface area contributed by atoms with Crippen molar-refractivity contribution in [3.63, 3.8) is 0 Å². The summed E-state index contributed by atoms with van der Waals surface area (Å²) < 4.78 is 25.6. The van der Waals surface area contributed by atoms with Gasteiger partial charge in [-0.2, -0.15) is 0 Å².